The van der Waals surface area contributed by atoms with Crippen LogP contribution in [0.5, 0.6) is 0 Å². The number of hydrogen-bond acceptors (Lipinski definition) is 3. The molecule has 1 aliphatic rings. The van der Waals surface area contributed by atoms with E-state index in [0.29, 0.717) is 0 Å². The van der Waals surface area contributed by atoms with Crippen LogP contribution in [0.15, 0.2) is 48.7 Å². The molecule has 2 aromatic carbocycles. The third-order valence-electron chi connectivity index (χ3n) is 6.12. The minimum Gasteiger partial charge on any atom is -0.286 e. The van der Waals surface area contributed by atoms with Gasteiger partial charge in [0.1, 0.15) is 6.04 Å². The highest BCUT2D eigenvalue weighted by molar-refractivity contribution is 7.90. The van der Waals surface area contributed by atoms with E-state index in [0.717, 1.165) is 16.8 Å². The summed E-state index contributed by atoms with van der Waals surface area (Å²) in [6.45, 7) is 4.63. The van der Waals surface area contributed by atoms with Gasteiger partial charge in [-0.15, -0.1) is 0 Å². The normalized spacial score (nSPS) is 16.2. The second-order valence-corrected chi connectivity index (χ2v) is 12.1. The minimum atomic E-state index is -5.05. The molecule has 0 unspecified atom stereocenters. The Morgan fingerprint density at radius 2 is 1.62 bits per heavy atom. The van der Waals surface area contributed by atoms with E-state index in [-0.39, 0.29) is 34.9 Å². The molecular formula is C25H24F6N2O3S. The van der Waals surface area contributed by atoms with Gasteiger partial charge < -0.3 is 0 Å². The van der Waals surface area contributed by atoms with E-state index in [4.69, 9.17) is 0 Å². The lowest BCUT2D eigenvalue weighted by Gasteiger charge is -2.21. The predicted octanol–water partition coefficient (Wildman–Crippen LogP) is 6.70. The van der Waals surface area contributed by atoms with Crippen molar-refractivity contribution in [3.05, 3.63) is 59.8 Å². The lowest BCUT2D eigenvalue weighted by Crippen LogP contribution is -2.39. The first-order valence-corrected chi connectivity index (χ1v) is 12.9. The summed E-state index contributed by atoms with van der Waals surface area (Å²) in [6.07, 6.45) is -8.33. The molecule has 1 aliphatic carbocycles. The molecule has 5 nitrogen and oxygen atoms in total. The van der Waals surface area contributed by atoms with E-state index >= 15 is 0 Å². The smallest absolute Gasteiger partial charge is 0.286 e. The summed E-state index contributed by atoms with van der Waals surface area (Å²) in [5, 5.41) is -1.03. The quantitative estimate of drug-likeness (QED) is 0.362. The molecule has 0 aliphatic heterocycles. The van der Waals surface area contributed by atoms with Crippen LogP contribution in [0.3, 0.4) is 0 Å². The van der Waals surface area contributed by atoms with Gasteiger partial charge in [-0.05, 0) is 36.1 Å². The van der Waals surface area contributed by atoms with Gasteiger partial charge in [-0.2, -0.15) is 31.1 Å². The van der Waals surface area contributed by atoms with E-state index in [1.807, 2.05) is 0 Å². The molecule has 1 atom stereocenters. The maximum atomic E-state index is 14.2. The van der Waals surface area contributed by atoms with Gasteiger partial charge in [0.25, 0.3) is 0 Å². The average molecular weight is 547 g/mol. The number of aromatic nitrogens is 1. The predicted molar refractivity (Wildman–Crippen MR) is 126 cm³/mol. The number of carbonyl (C=O) groups excluding carboxylic acids is 1. The summed E-state index contributed by atoms with van der Waals surface area (Å²) in [7, 11) is -4.29. The largest absolute Gasteiger partial charge is 0.417 e. The molecule has 1 aromatic heterocycles. The maximum absolute atomic E-state index is 14.2. The summed E-state index contributed by atoms with van der Waals surface area (Å²) in [4.78, 5) is 13.2. The van der Waals surface area contributed by atoms with Crippen molar-refractivity contribution in [3.63, 3.8) is 0 Å². The second-order valence-electron chi connectivity index (χ2n) is 10.1. The standard InChI is InChI=1S/C25H24F6N2O3S/c1-23(2,3)22(34)33-13-18(21(25(29,30)31)32-37(35,36)15-9-10-15)17-11-8-14(12-20(17)33)16-6-4-5-7-19(16)24(26,27)28/h4-8,11-13,15,21,32H,9-10H2,1-3H3/t21-/m0/s1. The number of carbonyl (C=O) groups is 1. The van der Waals surface area contributed by atoms with E-state index in [1.165, 1.54) is 36.4 Å². The summed E-state index contributed by atoms with van der Waals surface area (Å²) in [5.74, 6) is -0.615. The van der Waals surface area contributed by atoms with Crippen molar-refractivity contribution in [2.24, 2.45) is 5.41 Å². The van der Waals surface area contributed by atoms with Crippen LogP contribution in [-0.2, 0) is 16.2 Å². The van der Waals surface area contributed by atoms with Gasteiger partial charge in [0.15, 0.2) is 0 Å². The Bertz CT molecular complexity index is 1460. The minimum absolute atomic E-state index is 0.0372. The molecule has 4 rings (SSSR count). The zero-order valence-corrected chi connectivity index (χ0v) is 20.9. The van der Waals surface area contributed by atoms with Crippen LogP contribution in [0, 0.1) is 5.41 Å². The summed E-state index contributed by atoms with van der Waals surface area (Å²) in [6, 6.07) is 5.71. The van der Waals surface area contributed by atoms with Gasteiger partial charge in [0.2, 0.25) is 15.9 Å². The number of hydrogen-bond donors (Lipinski definition) is 1. The molecule has 37 heavy (non-hydrogen) atoms. The molecular weight excluding hydrogens is 522 g/mol. The Morgan fingerprint density at radius 3 is 2.16 bits per heavy atom. The molecule has 12 heteroatoms. The number of nitrogens with zero attached hydrogens (tertiary/aromatic N) is 1. The first-order chi connectivity index (χ1) is 16.9. The maximum Gasteiger partial charge on any atom is 0.417 e. The van der Waals surface area contributed by atoms with Crippen LogP contribution in [-0.4, -0.2) is 30.3 Å². The van der Waals surface area contributed by atoms with Gasteiger partial charge in [-0.1, -0.05) is 51.1 Å². The molecule has 0 radical (unpaired) electrons. The molecule has 0 bridgehead atoms. The molecule has 0 amide bonds. The van der Waals surface area contributed by atoms with Crippen molar-refractivity contribution < 1.29 is 39.6 Å². The molecule has 3 aromatic rings. The Kier molecular flexibility index (Phi) is 6.51. The van der Waals surface area contributed by atoms with E-state index in [1.54, 1.807) is 25.5 Å². The van der Waals surface area contributed by atoms with Gasteiger partial charge in [-0.25, -0.2) is 8.42 Å². The van der Waals surface area contributed by atoms with Crippen molar-refractivity contribution in [1.29, 1.82) is 0 Å². The van der Waals surface area contributed by atoms with Gasteiger partial charge >= 0.3 is 12.4 Å². The number of nitrogens with one attached hydrogen (secondary N) is 1. The van der Waals surface area contributed by atoms with E-state index in [2.05, 4.69) is 0 Å². The number of benzene rings is 2. The first kappa shape index (κ1) is 27.2. The molecule has 0 saturated heterocycles. The fourth-order valence-corrected chi connectivity index (χ4v) is 5.65. The lowest BCUT2D eigenvalue weighted by atomic mass is 9.95. The number of rotatable bonds is 5. The van der Waals surface area contributed by atoms with Crippen molar-refractivity contribution in [1.82, 2.24) is 9.29 Å². The van der Waals surface area contributed by atoms with Crippen LogP contribution in [0.2, 0.25) is 0 Å². The number of sulfonamides is 1. The zero-order chi connectivity index (χ0) is 27.6. The summed E-state index contributed by atoms with van der Waals surface area (Å²) < 4.78 is 111. The fraction of sp³-hybridized carbons (Fsp3) is 0.400. The highest BCUT2D eigenvalue weighted by Gasteiger charge is 2.48. The summed E-state index contributed by atoms with van der Waals surface area (Å²) >= 11 is 0. The zero-order valence-electron chi connectivity index (χ0n) is 20.0. The topological polar surface area (TPSA) is 68.2 Å². The molecule has 1 N–H and O–H groups in total. The highest BCUT2D eigenvalue weighted by atomic mass is 32.2. The second kappa shape index (κ2) is 8.87. The molecule has 1 saturated carbocycles. The summed E-state index contributed by atoms with van der Waals surface area (Å²) in [5.41, 5.74) is -2.76. The number of halogens is 6. The van der Waals surface area contributed by atoms with Crippen molar-refractivity contribution in [2.45, 2.75) is 57.3 Å². The van der Waals surface area contributed by atoms with E-state index < -0.39 is 56.1 Å². The van der Waals surface area contributed by atoms with Crippen molar-refractivity contribution in [3.8, 4) is 11.1 Å². The van der Waals surface area contributed by atoms with Crippen LogP contribution < -0.4 is 4.72 Å². The molecule has 1 fully saturated rings. The van der Waals surface area contributed by atoms with Crippen molar-refractivity contribution in [2.75, 3.05) is 0 Å². The lowest BCUT2D eigenvalue weighted by molar-refractivity contribution is -0.152. The highest BCUT2D eigenvalue weighted by Crippen LogP contribution is 2.42. The molecule has 200 valence electrons. The van der Waals surface area contributed by atoms with Crippen LogP contribution in [0.4, 0.5) is 26.3 Å². The van der Waals surface area contributed by atoms with Crippen LogP contribution >= 0.6 is 0 Å². The van der Waals surface area contributed by atoms with E-state index in [9.17, 15) is 39.6 Å². The van der Waals surface area contributed by atoms with Gasteiger partial charge in [0, 0.05) is 22.6 Å². The average Bonchev–Trinajstić information content (AvgIpc) is 3.57. The molecule has 0 spiro atoms. The van der Waals surface area contributed by atoms with Crippen molar-refractivity contribution >= 4 is 26.8 Å². The van der Waals surface area contributed by atoms with Crippen LogP contribution in [0.1, 0.15) is 55.6 Å². The Balaban J connectivity index is 1.96. The Morgan fingerprint density at radius 1 is 1.00 bits per heavy atom. The van der Waals surface area contributed by atoms with Gasteiger partial charge in [0.05, 0.1) is 16.3 Å². The third-order valence-corrected chi connectivity index (χ3v) is 8.04. The molecule has 1 heterocycles. The SMILES string of the molecule is CC(C)(C)C(=O)n1cc([C@H](NS(=O)(=O)C2CC2)C(F)(F)F)c2ccc(-c3ccccc3C(F)(F)F)cc21. The first-order valence-electron chi connectivity index (χ1n) is 11.4. The van der Waals surface area contributed by atoms with Crippen LogP contribution in [0.25, 0.3) is 22.0 Å². The Hall–Kier alpha value is -2.86. The number of alkyl halides is 6. The number of fused-ring (bicyclic) bond motifs is 1. The monoisotopic (exact) mass is 546 g/mol. The Labute approximate surface area is 209 Å². The van der Waals surface area contributed by atoms with Gasteiger partial charge in [-0.3, -0.25) is 9.36 Å². The third kappa shape index (κ3) is 5.40. The fourth-order valence-electron chi connectivity index (χ4n) is 4.11.